The van der Waals surface area contributed by atoms with E-state index in [9.17, 15) is 9.90 Å². The maximum absolute atomic E-state index is 11.6. The van der Waals surface area contributed by atoms with Crippen molar-refractivity contribution in [3.63, 3.8) is 0 Å². The first-order valence-corrected chi connectivity index (χ1v) is 6.58. The van der Waals surface area contributed by atoms with Crippen molar-refractivity contribution < 1.29 is 14.6 Å². The van der Waals surface area contributed by atoms with Crippen molar-refractivity contribution in [3.05, 3.63) is 11.6 Å². The van der Waals surface area contributed by atoms with E-state index < -0.39 is 5.60 Å². The molecule has 0 radical (unpaired) electrons. The van der Waals surface area contributed by atoms with Crippen molar-refractivity contribution in [2.24, 2.45) is 0 Å². The number of carbonyl (C=O) groups is 1. The van der Waals surface area contributed by atoms with Crippen LogP contribution >= 0.6 is 0 Å². The van der Waals surface area contributed by atoms with Crippen LogP contribution in [-0.2, 0) is 9.53 Å². The normalized spacial score (nSPS) is 48.4. The van der Waals surface area contributed by atoms with Crippen molar-refractivity contribution in [2.75, 3.05) is 6.54 Å². The zero-order valence-corrected chi connectivity index (χ0v) is 9.76. The van der Waals surface area contributed by atoms with Gasteiger partial charge in [0.25, 0.3) is 0 Å². The van der Waals surface area contributed by atoms with Gasteiger partial charge in [-0.25, -0.2) is 4.79 Å². The predicted octanol–water partition coefficient (Wildman–Crippen LogP) is 0.600. The van der Waals surface area contributed by atoms with E-state index in [0.29, 0.717) is 12.5 Å². The molecule has 3 saturated heterocycles. The van der Waals surface area contributed by atoms with Crippen molar-refractivity contribution in [1.82, 2.24) is 4.90 Å². The van der Waals surface area contributed by atoms with Crippen LogP contribution in [0, 0.1) is 0 Å². The molecule has 1 saturated carbocycles. The summed E-state index contributed by atoms with van der Waals surface area (Å²) in [5.74, 6) is -0.208. The molecule has 92 valence electrons. The van der Waals surface area contributed by atoms with Gasteiger partial charge in [-0.3, -0.25) is 4.90 Å². The summed E-state index contributed by atoms with van der Waals surface area (Å²) in [6, 6.07) is 0.527. The van der Waals surface area contributed by atoms with Gasteiger partial charge in [-0.15, -0.1) is 0 Å². The fourth-order valence-corrected chi connectivity index (χ4v) is 4.36. The smallest absolute Gasteiger partial charge is 0.331 e. The van der Waals surface area contributed by atoms with Crippen LogP contribution < -0.4 is 0 Å². The molecule has 0 aromatic heterocycles. The van der Waals surface area contributed by atoms with E-state index in [1.165, 1.54) is 12.8 Å². The van der Waals surface area contributed by atoms with Gasteiger partial charge in [0.1, 0.15) is 0 Å². The molecule has 0 amide bonds. The minimum Gasteiger partial charge on any atom is -0.450 e. The number of nitrogens with zero attached hydrogens (tertiary/aromatic N) is 1. The van der Waals surface area contributed by atoms with Gasteiger partial charge in [0.05, 0.1) is 12.1 Å². The Hall–Kier alpha value is -0.870. The lowest BCUT2D eigenvalue weighted by Gasteiger charge is -2.60. The lowest BCUT2D eigenvalue weighted by atomic mass is 9.64. The number of esters is 1. The second-order valence-electron chi connectivity index (χ2n) is 5.77. The first-order valence-electron chi connectivity index (χ1n) is 6.58. The van der Waals surface area contributed by atoms with Crippen molar-refractivity contribution in [2.45, 2.75) is 55.9 Å². The van der Waals surface area contributed by atoms with Gasteiger partial charge in [-0.2, -0.15) is 0 Å². The standard InChI is InChI=1S/C13H17NO3/c15-10-7-13-8(6-12(16)17-13)5-9(10)14-4-2-1-3-11(13)14/h6,9-11,15H,1-5,7H2/t9-,10-,11+,13+/m0/s1. The summed E-state index contributed by atoms with van der Waals surface area (Å²) >= 11 is 0. The SMILES string of the molecule is O=C1C=C2C[C@H]3[C@@H](O)C[C@]2(O1)[C@H]1CCCCN31. The van der Waals surface area contributed by atoms with E-state index in [0.717, 1.165) is 25.0 Å². The minimum atomic E-state index is -0.480. The van der Waals surface area contributed by atoms with Crippen LogP contribution in [0.4, 0.5) is 0 Å². The van der Waals surface area contributed by atoms with E-state index in [2.05, 4.69) is 4.90 Å². The Bertz CT molecular complexity index is 419. The molecule has 0 unspecified atom stereocenters. The third kappa shape index (κ3) is 1.13. The molecule has 4 atom stereocenters. The average molecular weight is 235 g/mol. The summed E-state index contributed by atoms with van der Waals surface area (Å²) < 4.78 is 5.65. The van der Waals surface area contributed by atoms with Crippen molar-refractivity contribution in [1.29, 1.82) is 0 Å². The highest BCUT2D eigenvalue weighted by atomic mass is 16.6. The third-order valence-electron chi connectivity index (χ3n) is 5.01. The molecule has 4 aliphatic heterocycles. The molecular formula is C13H17NO3. The van der Waals surface area contributed by atoms with Gasteiger partial charge in [0.2, 0.25) is 0 Å². The van der Waals surface area contributed by atoms with Crippen LogP contribution in [0.15, 0.2) is 11.6 Å². The fourth-order valence-electron chi connectivity index (χ4n) is 4.36. The Kier molecular flexibility index (Phi) is 1.85. The first-order chi connectivity index (χ1) is 8.21. The maximum Gasteiger partial charge on any atom is 0.331 e. The zero-order valence-electron chi connectivity index (χ0n) is 9.76. The Morgan fingerprint density at radius 3 is 3.24 bits per heavy atom. The monoisotopic (exact) mass is 235 g/mol. The number of aliphatic hydroxyl groups is 1. The summed E-state index contributed by atoms with van der Waals surface area (Å²) in [6.07, 6.45) is 6.24. The molecular weight excluding hydrogens is 218 g/mol. The number of rotatable bonds is 0. The number of hydrogen-bond acceptors (Lipinski definition) is 4. The van der Waals surface area contributed by atoms with Crippen LogP contribution in [0.5, 0.6) is 0 Å². The zero-order chi connectivity index (χ0) is 11.6. The van der Waals surface area contributed by atoms with E-state index >= 15 is 0 Å². The Balaban J connectivity index is 1.82. The van der Waals surface area contributed by atoms with Gasteiger partial charge in [-0.1, -0.05) is 6.42 Å². The second kappa shape index (κ2) is 3.12. The van der Waals surface area contributed by atoms with Crippen molar-refractivity contribution >= 4 is 5.97 Å². The summed E-state index contributed by atoms with van der Waals surface area (Å²) in [6.45, 7) is 1.04. The molecule has 1 spiro atoms. The quantitative estimate of drug-likeness (QED) is 0.625. The lowest BCUT2D eigenvalue weighted by Crippen LogP contribution is -2.71. The Morgan fingerprint density at radius 2 is 2.35 bits per heavy atom. The van der Waals surface area contributed by atoms with Gasteiger partial charge in [0, 0.05) is 18.5 Å². The number of hydrogen-bond donors (Lipinski definition) is 1. The maximum atomic E-state index is 11.6. The second-order valence-corrected chi connectivity index (χ2v) is 5.77. The minimum absolute atomic E-state index is 0.208. The van der Waals surface area contributed by atoms with E-state index in [1.807, 2.05) is 0 Å². The highest BCUT2D eigenvalue weighted by Crippen LogP contribution is 2.53. The number of ether oxygens (including phenoxy) is 1. The number of aliphatic hydroxyl groups excluding tert-OH is 1. The van der Waals surface area contributed by atoms with Gasteiger partial charge in [-0.05, 0) is 31.4 Å². The summed E-state index contributed by atoms with van der Waals surface area (Å²) in [5.41, 5.74) is 0.659. The number of fused-ring (bicyclic) bond motifs is 1. The molecule has 2 bridgehead atoms. The fraction of sp³-hybridized carbons (Fsp3) is 0.769. The molecule has 5 aliphatic rings. The van der Waals surface area contributed by atoms with Crippen LogP contribution in [0.25, 0.3) is 0 Å². The molecule has 4 fully saturated rings. The largest absolute Gasteiger partial charge is 0.450 e. The molecule has 17 heavy (non-hydrogen) atoms. The first kappa shape index (κ1) is 10.1. The lowest BCUT2D eigenvalue weighted by molar-refractivity contribution is -0.188. The topological polar surface area (TPSA) is 49.8 Å². The number of piperidine rings is 3. The van der Waals surface area contributed by atoms with E-state index in [-0.39, 0.29) is 18.1 Å². The molecule has 4 heteroatoms. The van der Waals surface area contributed by atoms with Gasteiger partial charge >= 0.3 is 5.97 Å². The van der Waals surface area contributed by atoms with Gasteiger partial charge in [0.15, 0.2) is 5.60 Å². The molecule has 4 nitrogen and oxygen atoms in total. The van der Waals surface area contributed by atoms with Crippen LogP contribution in [-0.4, -0.2) is 46.3 Å². The molecule has 0 aromatic rings. The third-order valence-corrected chi connectivity index (χ3v) is 5.01. The highest BCUT2D eigenvalue weighted by Gasteiger charge is 2.62. The highest BCUT2D eigenvalue weighted by molar-refractivity contribution is 5.87. The van der Waals surface area contributed by atoms with E-state index in [1.54, 1.807) is 6.08 Å². The predicted molar refractivity (Wildman–Crippen MR) is 60.3 cm³/mol. The van der Waals surface area contributed by atoms with Crippen molar-refractivity contribution in [3.8, 4) is 0 Å². The molecule has 1 N–H and O–H groups in total. The summed E-state index contributed by atoms with van der Waals surface area (Å²) in [4.78, 5) is 14.0. The van der Waals surface area contributed by atoms with Crippen LogP contribution in [0.3, 0.4) is 0 Å². The average Bonchev–Trinajstić information content (AvgIpc) is 2.64. The Morgan fingerprint density at radius 1 is 1.47 bits per heavy atom. The Labute approximate surface area is 100 Å². The molecule has 5 rings (SSSR count). The van der Waals surface area contributed by atoms with Gasteiger partial charge < -0.3 is 9.84 Å². The number of carbonyl (C=O) groups excluding carboxylic acids is 1. The molecule has 0 aromatic carbocycles. The molecule has 4 heterocycles. The summed E-state index contributed by atoms with van der Waals surface area (Å²) in [5, 5.41) is 10.2. The van der Waals surface area contributed by atoms with E-state index in [4.69, 9.17) is 4.74 Å². The van der Waals surface area contributed by atoms with Crippen LogP contribution in [0.1, 0.15) is 32.1 Å². The summed E-state index contributed by atoms with van der Waals surface area (Å²) in [7, 11) is 0. The molecule has 1 aliphatic carbocycles. The van der Waals surface area contributed by atoms with Crippen LogP contribution in [0.2, 0.25) is 0 Å².